The van der Waals surface area contributed by atoms with Crippen LogP contribution in [-0.2, 0) is 11.8 Å². The van der Waals surface area contributed by atoms with Gasteiger partial charge < -0.3 is 9.47 Å². The SMILES string of the molecule is CCCc1cc(OC)c(C(C)(C)C)cc1OC. The van der Waals surface area contributed by atoms with Gasteiger partial charge in [0.05, 0.1) is 14.2 Å². The standard InChI is InChI=1S/C15H24O2/c1-7-8-11-9-14(17-6)12(15(2,3)4)10-13(11)16-5/h9-10H,7-8H2,1-6H3. The van der Waals surface area contributed by atoms with E-state index in [-0.39, 0.29) is 5.41 Å². The third kappa shape index (κ3) is 3.15. The molecule has 0 N–H and O–H groups in total. The minimum Gasteiger partial charge on any atom is -0.496 e. The average molecular weight is 236 g/mol. The number of benzene rings is 1. The molecule has 2 heteroatoms. The van der Waals surface area contributed by atoms with Gasteiger partial charge in [0.2, 0.25) is 0 Å². The molecule has 0 heterocycles. The molecule has 0 unspecified atom stereocenters. The first kappa shape index (κ1) is 13.9. The van der Waals surface area contributed by atoms with Gasteiger partial charge in [-0.15, -0.1) is 0 Å². The van der Waals surface area contributed by atoms with Crippen LogP contribution in [0.4, 0.5) is 0 Å². The van der Waals surface area contributed by atoms with Crippen molar-refractivity contribution >= 4 is 0 Å². The van der Waals surface area contributed by atoms with Crippen LogP contribution >= 0.6 is 0 Å². The van der Waals surface area contributed by atoms with Crippen molar-refractivity contribution in [3.05, 3.63) is 23.3 Å². The van der Waals surface area contributed by atoms with E-state index in [4.69, 9.17) is 9.47 Å². The summed E-state index contributed by atoms with van der Waals surface area (Å²) in [6, 6.07) is 4.23. The van der Waals surface area contributed by atoms with Crippen LogP contribution < -0.4 is 9.47 Å². The molecule has 0 aromatic heterocycles. The molecular weight excluding hydrogens is 212 g/mol. The molecule has 0 atom stereocenters. The van der Waals surface area contributed by atoms with Crippen molar-refractivity contribution < 1.29 is 9.47 Å². The highest BCUT2D eigenvalue weighted by molar-refractivity contribution is 5.49. The molecule has 0 spiro atoms. The van der Waals surface area contributed by atoms with Gasteiger partial charge in [-0.2, -0.15) is 0 Å². The summed E-state index contributed by atoms with van der Waals surface area (Å²) in [7, 11) is 3.46. The highest BCUT2D eigenvalue weighted by Gasteiger charge is 2.21. The quantitative estimate of drug-likeness (QED) is 0.788. The first-order chi connectivity index (χ1) is 7.93. The van der Waals surface area contributed by atoms with E-state index in [0.29, 0.717) is 0 Å². The highest BCUT2D eigenvalue weighted by atomic mass is 16.5. The van der Waals surface area contributed by atoms with Crippen LogP contribution in [0.3, 0.4) is 0 Å². The second kappa shape index (κ2) is 5.44. The zero-order chi connectivity index (χ0) is 13.1. The highest BCUT2D eigenvalue weighted by Crippen LogP contribution is 2.36. The lowest BCUT2D eigenvalue weighted by Crippen LogP contribution is -2.13. The number of hydrogen-bond acceptors (Lipinski definition) is 2. The fraction of sp³-hybridized carbons (Fsp3) is 0.600. The Balaban J connectivity index is 3.33. The second-order valence-electron chi connectivity index (χ2n) is 5.36. The van der Waals surface area contributed by atoms with Crippen molar-refractivity contribution in [2.75, 3.05) is 14.2 Å². The third-order valence-electron chi connectivity index (χ3n) is 2.93. The zero-order valence-corrected chi connectivity index (χ0v) is 11.9. The Hall–Kier alpha value is -1.18. The van der Waals surface area contributed by atoms with Gasteiger partial charge in [0.1, 0.15) is 11.5 Å². The van der Waals surface area contributed by atoms with Gasteiger partial charge in [-0.3, -0.25) is 0 Å². The Morgan fingerprint density at radius 3 is 2.00 bits per heavy atom. The number of rotatable bonds is 4. The van der Waals surface area contributed by atoms with Crippen LogP contribution in [0.25, 0.3) is 0 Å². The topological polar surface area (TPSA) is 18.5 Å². The summed E-state index contributed by atoms with van der Waals surface area (Å²) in [5.74, 6) is 1.93. The minimum atomic E-state index is 0.0589. The maximum Gasteiger partial charge on any atom is 0.123 e. The largest absolute Gasteiger partial charge is 0.496 e. The van der Waals surface area contributed by atoms with Crippen LogP contribution in [0, 0.1) is 0 Å². The monoisotopic (exact) mass is 236 g/mol. The molecule has 0 saturated heterocycles. The molecule has 1 rings (SSSR count). The summed E-state index contributed by atoms with van der Waals surface area (Å²) >= 11 is 0. The molecule has 0 saturated carbocycles. The summed E-state index contributed by atoms with van der Waals surface area (Å²) < 4.78 is 11.0. The van der Waals surface area contributed by atoms with Crippen LogP contribution in [0.2, 0.25) is 0 Å². The lowest BCUT2D eigenvalue weighted by molar-refractivity contribution is 0.384. The van der Waals surface area contributed by atoms with E-state index in [1.807, 2.05) is 0 Å². The Morgan fingerprint density at radius 1 is 1.00 bits per heavy atom. The summed E-state index contributed by atoms with van der Waals surface area (Å²) in [6.45, 7) is 8.72. The molecule has 96 valence electrons. The van der Waals surface area contributed by atoms with Crippen molar-refractivity contribution in [1.82, 2.24) is 0 Å². The molecular formula is C15H24O2. The normalized spacial score (nSPS) is 11.4. The van der Waals surface area contributed by atoms with E-state index in [9.17, 15) is 0 Å². The van der Waals surface area contributed by atoms with Gasteiger partial charge in [0.25, 0.3) is 0 Å². The Labute approximate surface area is 105 Å². The maximum absolute atomic E-state index is 5.50. The van der Waals surface area contributed by atoms with Crippen molar-refractivity contribution in [1.29, 1.82) is 0 Å². The van der Waals surface area contributed by atoms with Gasteiger partial charge in [0, 0.05) is 5.56 Å². The van der Waals surface area contributed by atoms with Crippen molar-refractivity contribution in [2.24, 2.45) is 0 Å². The van der Waals surface area contributed by atoms with Gasteiger partial charge in [-0.25, -0.2) is 0 Å². The molecule has 1 aromatic rings. The molecule has 0 aliphatic rings. The van der Waals surface area contributed by atoms with E-state index >= 15 is 0 Å². The van der Waals surface area contributed by atoms with Crippen molar-refractivity contribution in [2.45, 2.75) is 46.0 Å². The second-order valence-corrected chi connectivity index (χ2v) is 5.36. The molecule has 0 aliphatic carbocycles. The Morgan fingerprint density at radius 2 is 1.59 bits per heavy atom. The number of methoxy groups -OCH3 is 2. The number of hydrogen-bond donors (Lipinski definition) is 0. The van der Waals surface area contributed by atoms with E-state index in [1.54, 1.807) is 14.2 Å². The molecule has 1 aromatic carbocycles. The van der Waals surface area contributed by atoms with E-state index < -0.39 is 0 Å². The molecule has 0 radical (unpaired) electrons. The Bertz CT molecular complexity index is 375. The lowest BCUT2D eigenvalue weighted by Gasteiger charge is -2.24. The van der Waals surface area contributed by atoms with Crippen LogP contribution in [0.15, 0.2) is 12.1 Å². The third-order valence-corrected chi connectivity index (χ3v) is 2.93. The molecule has 0 aliphatic heterocycles. The summed E-state index contributed by atoms with van der Waals surface area (Å²) in [5.41, 5.74) is 2.47. The van der Waals surface area contributed by atoms with Crippen LogP contribution in [0.1, 0.15) is 45.2 Å². The number of aryl methyl sites for hydroxylation is 1. The van der Waals surface area contributed by atoms with E-state index in [1.165, 1.54) is 11.1 Å². The predicted molar refractivity (Wildman–Crippen MR) is 72.2 cm³/mol. The van der Waals surface area contributed by atoms with Crippen molar-refractivity contribution in [3.63, 3.8) is 0 Å². The van der Waals surface area contributed by atoms with Gasteiger partial charge in [-0.05, 0) is 29.5 Å². The van der Waals surface area contributed by atoms with E-state index in [2.05, 4.69) is 39.8 Å². The first-order valence-electron chi connectivity index (χ1n) is 6.19. The molecule has 0 fully saturated rings. The van der Waals surface area contributed by atoms with Gasteiger partial charge in [0.15, 0.2) is 0 Å². The fourth-order valence-electron chi connectivity index (χ4n) is 2.01. The van der Waals surface area contributed by atoms with Gasteiger partial charge in [-0.1, -0.05) is 34.1 Å². The van der Waals surface area contributed by atoms with Crippen molar-refractivity contribution in [3.8, 4) is 11.5 Å². The van der Waals surface area contributed by atoms with E-state index in [0.717, 1.165) is 24.3 Å². The van der Waals surface area contributed by atoms with Crippen LogP contribution in [0.5, 0.6) is 11.5 Å². The molecule has 0 amide bonds. The fourth-order valence-corrected chi connectivity index (χ4v) is 2.01. The predicted octanol–water partition coefficient (Wildman–Crippen LogP) is 3.95. The first-order valence-corrected chi connectivity index (χ1v) is 6.19. The lowest BCUT2D eigenvalue weighted by atomic mass is 9.85. The van der Waals surface area contributed by atoms with Gasteiger partial charge >= 0.3 is 0 Å². The maximum atomic E-state index is 5.50. The summed E-state index contributed by atoms with van der Waals surface area (Å²) in [5, 5.41) is 0. The molecule has 17 heavy (non-hydrogen) atoms. The zero-order valence-electron chi connectivity index (χ0n) is 11.9. The average Bonchev–Trinajstić information content (AvgIpc) is 2.27. The Kier molecular flexibility index (Phi) is 4.44. The number of ether oxygens (including phenoxy) is 2. The summed E-state index contributed by atoms with van der Waals surface area (Å²) in [4.78, 5) is 0. The van der Waals surface area contributed by atoms with Crippen LogP contribution in [-0.4, -0.2) is 14.2 Å². The summed E-state index contributed by atoms with van der Waals surface area (Å²) in [6.07, 6.45) is 2.12. The smallest absolute Gasteiger partial charge is 0.123 e. The minimum absolute atomic E-state index is 0.0589. The molecule has 0 bridgehead atoms. The molecule has 2 nitrogen and oxygen atoms in total.